The van der Waals surface area contributed by atoms with E-state index in [2.05, 4.69) is 31.6 Å². The van der Waals surface area contributed by atoms with Gasteiger partial charge >= 0.3 is 11.9 Å². The van der Waals surface area contributed by atoms with Crippen molar-refractivity contribution in [3.8, 4) is 0 Å². The molecule has 0 aromatic carbocycles. The first kappa shape index (κ1) is 40.2. The average molecular weight is 697 g/mol. The van der Waals surface area contributed by atoms with E-state index in [-0.39, 0.29) is 51.3 Å². The molecule has 49 heavy (non-hydrogen) atoms. The Hall–Kier alpha value is -5.01. The summed E-state index contributed by atoms with van der Waals surface area (Å²) in [5, 5.41) is 31.2. The summed E-state index contributed by atoms with van der Waals surface area (Å²) < 4.78 is 0. The van der Waals surface area contributed by atoms with E-state index in [9.17, 15) is 48.6 Å². The fourth-order valence-corrected chi connectivity index (χ4v) is 5.45. The third-order valence-electron chi connectivity index (χ3n) is 7.94. The molecule has 0 aromatic heterocycles. The Morgan fingerprint density at radius 1 is 0.776 bits per heavy atom. The van der Waals surface area contributed by atoms with Crippen LogP contribution in [-0.4, -0.2) is 125 Å². The van der Waals surface area contributed by atoms with E-state index in [0.717, 1.165) is 0 Å². The molecule has 0 saturated carbocycles. The van der Waals surface area contributed by atoms with Crippen LogP contribution in [0.25, 0.3) is 0 Å². The van der Waals surface area contributed by atoms with Crippen molar-refractivity contribution in [2.24, 2.45) is 22.2 Å². The third kappa shape index (κ3) is 13.9. The maximum Gasteiger partial charge on any atom is 0.305 e. The van der Waals surface area contributed by atoms with E-state index >= 15 is 0 Å². The molecule has 2 rings (SSSR count). The van der Waals surface area contributed by atoms with Gasteiger partial charge in [0.15, 0.2) is 5.96 Å². The summed E-state index contributed by atoms with van der Waals surface area (Å²) in [7, 11) is 0. The molecule has 2 heterocycles. The summed E-state index contributed by atoms with van der Waals surface area (Å²) >= 11 is 0. The van der Waals surface area contributed by atoms with Crippen LogP contribution in [-0.2, 0) is 38.4 Å². The van der Waals surface area contributed by atoms with Crippen molar-refractivity contribution in [2.75, 3.05) is 26.2 Å². The fraction of sp³-hybridized carbons (Fsp3) is 0.690. The van der Waals surface area contributed by atoms with Crippen molar-refractivity contribution in [1.82, 2.24) is 31.5 Å². The van der Waals surface area contributed by atoms with Crippen LogP contribution in [0.5, 0.6) is 0 Å². The molecule has 0 unspecified atom stereocenters. The second-order valence-corrected chi connectivity index (χ2v) is 11.8. The number of nitrogens with zero attached hydrogens (tertiary/aromatic N) is 2. The molecule has 0 bridgehead atoms. The summed E-state index contributed by atoms with van der Waals surface area (Å²) in [6.45, 7) is 0.452. The van der Waals surface area contributed by atoms with Crippen molar-refractivity contribution >= 4 is 53.3 Å². The van der Waals surface area contributed by atoms with Crippen LogP contribution in [0.4, 0.5) is 0 Å². The van der Waals surface area contributed by atoms with Gasteiger partial charge in [-0.25, -0.2) is 0 Å². The highest BCUT2D eigenvalue weighted by Crippen LogP contribution is 2.20. The predicted octanol–water partition coefficient (Wildman–Crippen LogP) is -4.04. The van der Waals surface area contributed by atoms with Gasteiger partial charge in [0.1, 0.15) is 30.2 Å². The molecule has 2 aliphatic heterocycles. The number of nitrogens with one attached hydrogen (secondary N) is 5. The number of unbranched alkanes of at least 4 members (excludes halogenated alkanes) is 1. The van der Waals surface area contributed by atoms with Gasteiger partial charge in [0, 0.05) is 32.5 Å². The van der Waals surface area contributed by atoms with Crippen LogP contribution in [0.1, 0.15) is 70.6 Å². The molecule has 0 spiro atoms. The Labute approximate surface area is 282 Å². The number of guanidine groups is 1. The molecule has 6 amide bonds. The number of carboxylic acid groups (broad SMARTS) is 2. The lowest BCUT2D eigenvalue weighted by atomic mass is 10.0. The molecule has 2 saturated heterocycles. The summed E-state index contributed by atoms with van der Waals surface area (Å²) in [5.74, 6) is -7.69. The van der Waals surface area contributed by atoms with E-state index in [1.807, 2.05) is 0 Å². The van der Waals surface area contributed by atoms with Crippen LogP contribution < -0.4 is 43.8 Å². The van der Waals surface area contributed by atoms with Gasteiger partial charge in [-0.3, -0.25) is 43.3 Å². The number of aliphatic carboxylic acids is 2. The topological polar surface area (TPSA) is 331 Å². The summed E-state index contributed by atoms with van der Waals surface area (Å²) in [4.78, 5) is 108. The van der Waals surface area contributed by atoms with Gasteiger partial charge < -0.3 is 58.9 Å². The normalized spacial score (nSPS) is 24.5. The van der Waals surface area contributed by atoms with Gasteiger partial charge in [-0.05, 0) is 57.9 Å². The van der Waals surface area contributed by atoms with Crippen LogP contribution in [0, 0.1) is 0 Å². The number of carboxylic acids is 2. The SMILES string of the molecule is NCCCC[C@@H]1NC(=O)CCNC(=O)[C@@H]2CCCN2C(=O)[C@H](CCCN=C(N)N)NC(=O)[C@H](CCC(=O)O)NC(=O)[C@H](CC(=O)O)NC1=O. The Morgan fingerprint density at radius 3 is 2.02 bits per heavy atom. The van der Waals surface area contributed by atoms with E-state index in [4.69, 9.17) is 17.2 Å². The van der Waals surface area contributed by atoms with Crippen molar-refractivity contribution < 1.29 is 48.6 Å². The van der Waals surface area contributed by atoms with E-state index < -0.39 is 96.9 Å². The third-order valence-corrected chi connectivity index (χ3v) is 7.94. The van der Waals surface area contributed by atoms with Crippen LogP contribution in [0.15, 0.2) is 4.99 Å². The monoisotopic (exact) mass is 696 g/mol. The molecular formula is C29H48N10O10. The van der Waals surface area contributed by atoms with Crippen molar-refractivity contribution in [3.63, 3.8) is 0 Å². The summed E-state index contributed by atoms with van der Waals surface area (Å²) in [6, 6.07) is -6.68. The van der Waals surface area contributed by atoms with Crippen LogP contribution in [0.3, 0.4) is 0 Å². The minimum absolute atomic E-state index is 0.00476. The number of aliphatic imine (C=N–C) groups is 1. The lowest BCUT2D eigenvalue weighted by Crippen LogP contribution is -2.59. The number of amides is 6. The number of nitrogens with two attached hydrogens (primary N) is 3. The number of hydrogen-bond donors (Lipinski definition) is 10. The van der Waals surface area contributed by atoms with Crippen molar-refractivity contribution in [3.05, 3.63) is 0 Å². The molecule has 5 atom stereocenters. The lowest BCUT2D eigenvalue weighted by Gasteiger charge is -2.30. The number of rotatable bonds is 13. The van der Waals surface area contributed by atoms with E-state index in [0.29, 0.717) is 32.2 Å². The Balaban J connectivity index is 2.51. The largest absolute Gasteiger partial charge is 0.481 e. The Bertz CT molecular complexity index is 1260. The highest BCUT2D eigenvalue weighted by molar-refractivity contribution is 5.98. The molecule has 2 aliphatic rings. The average Bonchev–Trinajstić information content (AvgIpc) is 3.52. The van der Waals surface area contributed by atoms with Crippen LogP contribution in [0.2, 0.25) is 0 Å². The van der Waals surface area contributed by atoms with Crippen LogP contribution >= 0.6 is 0 Å². The molecular weight excluding hydrogens is 648 g/mol. The second-order valence-electron chi connectivity index (χ2n) is 11.8. The molecule has 13 N–H and O–H groups in total. The first-order valence-electron chi connectivity index (χ1n) is 16.2. The molecule has 0 radical (unpaired) electrons. The first-order chi connectivity index (χ1) is 23.2. The zero-order chi connectivity index (χ0) is 36.5. The van der Waals surface area contributed by atoms with Gasteiger partial charge in [0.2, 0.25) is 35.4 Å². The summed E-state index contributed by atoms with van der Waals surface area (Å²) in [6.07, 6.45) is -0.221. The quantitative estimate of drug-likeness (QED) is 0.0499. The zero-order valence-corrected chi connectivity index (χ0v) is 27.3. The molecule has 0 aromatic rings. The van der Waals surface area contributed by atoms with Crippen molar-refractivity contribution in [1.29, 1.82) is 0 Å². The molecule has 2 fully saturated rings. The zero-order valence-electron chi connectivity index (χ0n) is 27.3. The Morgan fingerprint density at radius 2 is 1.39 bits per heavy atom. The van der Waals surface area contributed by atoms with Gasteiger partial charge in [0.25, 0.3) is 0 Å². The predicted molar refractivity (Wildman–Crippen MR) is 172 cm³/mol. The number of carbonyl (C=O) groups excluding carboxylic acids is 6. The second kappa shape index (κ2) is 20.4. The maximum atomic E-state index is 13.8. The minimum atomic E-state index is -1.73. The standard InChI is InChI=1S/C29H48N10O10/c30-11-2-1-5-16-24(45)38-19(15-23(43)44)26(47)36-17(8-9-22(41)42)25(46)37-18(6-3-12-34-29(31)32)28(49)39-14-4-7-20(39)27(48)33-13-10-21(40)35-16/h16-20H,1-15,30H2,(H,33,48)(H,35,40)(H,36,47)(H,37,46)(H,38,45)(H,41,42)(H,43,44)(H4,31,32,34)/t16-,17-,18-,19-,20-/m0/s1. The highest BCUT2D eigenvalue weighted by atomic mass is 16.4. The van der Waals surface area contributed by atoms with Gasteiger partial charge in [-0.1, -0.05) is 0 Å². The number of carbonyl (C=O) groups is 8. The summed E-state index contributed by atoms with van der Waals surface area (Å²) in [5.41, 5.74) is 16.3. The van der Waals surface area contributed by atoms with Crippen molar-refractivity contribution in [2.45, 2.75) is 101 Å². The van der Waals surface area contributed by atoms with Gasteiger partial charge in [-0.15, -0.1) is 0 Å². The maximum absolute atomic E-state index is 13.8. The highest BCUT2D eigenvalue weighted by Gasteiger charge is 2.39. The number of fused-ring (bicyclic) bond motifs is 1. The molecule has 274 valence electrons. The van der Waals surface area contributed by atoms with E-state index in [1.54, 1.807) is 0 Å². The first-order valence-corrected chi connectivity index (χ1v) is 16.2. The smallest absolute Gasteiger partial charge is 0.305 e. The Kier molecular flexibility index (Phi) is 16.7. The fourth-order valence-electron chi connectivity index (χ4n) is 5.45. The number of hydrogen-bond acceptors (Lipinski definition) is 10. The molecule has 20 heteroatoms. The van der Waals surface area contributed by atoms with Gasteiger partial charge in [0.05, 0.1) is 6.42 Å². The minimum Gasteiger partial charge on any atom is -0.481 e. The van der Waals surface area contributed by atoms with E-state index in [1.165, 1.54) is 4.90 Å². The van der Waals surface area contributed by atoms with Gasteiger partial charge in [-0.2, -0.15) is 0 Å². The molecule has 20 nitrogen and oxygen atoms in total. The lowest BCUT2D eigenvalue weighted by molar-refractivity contribution is -0.143. The molecule has 0 aliphatic carbocycles.